The van der Waals surface area contributed by atoms with Crippen LogP contribution in [-0.2, 0) is 6.42 Å². The third-order valence-corrected chi connectivity index (χ3v) is 4.14. The van der Waals surface area contributed by atoms with Crippen LogP contribution in [0.5, 0.6) is 0 Å². The van der Waals surface area contributed by atoms with Gasteiger partial charge in [-0.25, -0.2) is 4.98 Å². The topological polar surface area (TPSA) is 54.7 Å². The highest BCUT2D eigenvalue weighted by atomic mass is 32.1. The van der Waals surface area contributed by atoms with Gasteiger partial charge in [-0.2, -0.15) is 0 Å². The summed E-state index contributed by atoms with van der Waals surface area (Å²) in [6.07, 6.45) is 4.91. The fourth-order valence-corrected chi connectivity index (χ4v) is 3.00. The third-order valence-electron chi connectivity index (χ3n) is 2.93. The first-order valence-corrected chi connectivity index (χ1v) is 6.63. The van der Waals surface area contributed by atoms with Crippen LogP contribution in [0.4, 0.5) is 0 Å². The van der Waals surface area contributed by atoms with Gasteiger partial charge >= 0.3 is 0 Å². The first-order chi connectivity index (χ1) is 8.02. The Balaban J connectivity index is 2.26. The molecule has 0 aromatic carbocycles. The monoisotopic (exact) mass is 249 g/mol. The summed E-state index contributed by atoms with van der Waals surface area (Å²) in [4.78, 5) is 9.04. The van der Waals surface area contributed by atoms with Crippen LogP contribution in [-0.4, -0.2) is 16.5 Å². The van der Waals surface area contributed by atoms with Gasteiger partial charge in [0, 0.05) is 22.8 Å². The molecule has 2 rings (SSSR count). The molecule has 17 heavy (non-hydrogen) atoms. The van der Waals surface area contributed by atoms with E-state index in [2.05, 4.69) is 36.8 Å². The maximum Gasteiger partial charge on any atom is 0.125 e. The predicted octanol–water partition coefficient (Wildman–Crippen LogP) is 2.97. The molecule has 0 atom stereocenters. The summed E-state index contributed by atoms with van der Waals surface area (Å²) in [7, 11) is 0. The van der Waals surface area contributed by atoms with E-state index in [9.17, 15) is 0 Å². The number of nitrogens with two attached hydrogens (primary N) is 1. The van der Waals surface area contributed by atoms with Gasteiger partial charge < -0.3 is 10.7 Å². The third kappa shape index (κ3) is 2.76. The number of aryl methyl sites for hydroxylation is 1. The number of thiazole rings is 1. The van der Waals surface area contributed by atoms with Gasteiger partial charge in [-0.1, -0.05) is 13.8 Å². The van der Waals surface area contributed by atoms with E-state index in [-0.39, 0.29) is 5.41 Å². The number of aromatic amines is 1. The van der Waals surface area contributed by atoms with E-state index in [1.54, 1.807) is 11.3 Å². The van der Waals surface area contributed by atoms with E-state index < -0.39 is 0 Å². The molecular weight excluding hydrogens is 230 g/mol. The molecule has 2 aromatic rings. The quantitative estimate of drug-likeness (QED) is 0.875. The van der Waals surface area contributed by atoms with Crippen molar-refractivity contribution in [3.05, 3.63) is 29.0 Å². The minimum Gasteiger partial charge on any atom is -0.367 e. The van der Waals surface area contributed by atoms with Crippen LogP contribution in [0.25, 0.3) is 10.6 Å². The van der Waals surface area contributed by atoms with E-state index in [4.69, 9.17) is 5.73 Å². The highest BCUT2D eigenvalue weighted by Crippen LogP contribution is 2.31. The van der Waals surface area contributed by atoms with Crippen molar-refractivity contribution in [3.8, 4) is 10.6 Å². The summed E-state index contributed by atoms with van der Waals surface area (Å²) in [5, 5.41) is 1.09. The fourth-order valence-electron chi connectivity index (χ4n) is 1.68. The van der Waals surface area contributed by atoms with Crippen LogP contribution in [0.3, 0.4) is 0 Å². The van der Waals surface area contributed by atoms with Gasteiger partial charge in [0.05, 0.1) is 5.69 Å². The maximum absolute atomic E-state index is 5.78. The minimum absolute atomic E-state index is 0.146. The molecule has 0 aliphatic carbocycles. The van der Waals surface area contributed by atoms with Gasteiger partial charge in [-0.3, -0.25) is 0 Å². The molecule has 0 saturated heterocycles. The standard InChI is InChI=1S/C13H19N3S/c1-9-11(6-13(2,3)8-14)17-12(16-9)10-4-5-15-7-10/h4-5,7,15H,6,8,14H2,1-3H3. The number of hydrogen-bond donors (Lipinski definition) is 2. The number of nitrogens with one attached hydrogen (secondary N) is 1. The van der Waals surface area contributed by atoms with E-state index >= 15 is 0 Å². The van der Waals surface area contributed by atoms with Crippen molar-refractivity contribution < 1.29 is 0 Å². The van der Waals surface area contributed by atoms with Crippen LogP contribution >= 0.6 is 11.3 Å². The van der Waals surface area contributed by atoms with E-state index in [1.165, 1.54) is 4.88 Å². The van der Waals surface area contributed by atoms with Gasteiger partial charge in [-0.15, -0.1) is 11.3 Å². The Morgan fingerprint density at radius 3 is 2.82 bits per heavy atom. The SMILES string of the molecule is Cc1nc(-c2cc[nH]c2)sc1CC(C)(C)CN. The lowest BCUT2D eigenvalue weighted by molar-refractivity contribution is 0.379. The van der Waals surface area contributed by atoms with Crippen LogP contribution in [0, 0.1) is 12.3 Å². The smallest absolute Gasteiger partial charge is 0.125 e. The van der Waals surface area contributed by atoms with Crippen LogP contribution in [0.1, 0.15) is 24.4 Å². The van der Waals surface area contributed by atoms with Gasteiger partial charge in [0.1, 0.15) is 5.01 Å². The summed E-state index contributed by atoms with van der Waals surface area (Å²) in [6.45, 7) is 7.17. The highest BCUT2D eigenvalue weighted by Gasteiger charge is 2.20. The first-order valence-electron chi connectivity index (χ1n) is 5.81. The van der Waals surface area contributed by atoms with Crippen molar-refractivity contribution in [3.63, 3.8) is 0 Å². The molecule has 0 aliphatic rings. The average molecular weight is 249 g/mol. The second kappa shape index (κ2) is 4.63. The largest absolute Gasteiger partial charge is 0.367 e. The molecule has 92 valence electrons. The maximum atomic E-state index is 5.78. The van der Waals surface area contributed by atoms with Crippen molar-refractivity contribution in [2.45, 2.75) is 27.2 Å². The zero-order valence-electron chi connectivity index (χ0n) is 10.6. The van der Waals surface area contributed by atoms with Gasteiger partial charge in [0.25, 0.3) is 0 Å². The van der Waals surface area contributed by atoms with Gasteiger partial charge in [-0.05, 0) is 31.4 Å². The summed E-state index contributed by atoms with van der Waals surface area (Å²) >= 11 is 1.77. The molecule has 3 nitrogen and oxygen atoms in total. The van der Waals surface area contributed by atoms with Gasteiger partial charge in [0.15, 0.2) is 0 Å². The molecule has 0 unspecified atom stereocenters. The van der Waals surface area contributed by atoms with Crippen molar-refractivity contribution in [1.82, 2.24) is 9.97 Å². The zero-order chi connectivity index (χ0) is 12.5. The molecule has 2 aromatic heterocycles. The molecule has 0 radical (unpaired) electrons. The van der Waals surface area contributed by atoms with E-state index in [0.29, 0.717) is 6.54 Å². The van der Waals surface area contributed by atoms with E-state index in [1.807, 2.05) is 12.4 Å². The zero-order valence-corrected chi connectivity index (χ0v) is 11.4. The molecule has 4 heteroatoms. The molecule has 0 bridgehead atoms. The molecule has 2 heterocycles. The number of hydrogen-bond acceptors (Lipinski definition) is 3. The second-order valence-electron chi connectivity index (χ2n) is 5.17. The number of H-pyrrole nitrogens is 1. The average Bonchev–Trinajstić information content (AvgIpc) is 2.89. The van der Waals surface area contributed by atoms with Crippen molar-refractivity contribution in [1.29, 1.82) is 0 Å². The predicted molar refractivity (Wildman–Crippen MR) is 73.2 cm³/mol. The fraction of sp³-hybridized carbons (Fsp3) is 0.462. The molecule has 0 fully saturated rings. The Kier molecular flexibility index (Phi) is 3.35. The van der Waals surface area contributed by atoms with Crippen molar-refractivity contribution >= 4 is 11.3 Å². The molecule has 0 spiro atoms. The molecular formula is C13H19N3S. The normalized spacial score (nSPS) is 12.0. The van der Waals surface area contributed by atoms with Crippen LogP contribution < -0.4 is 5.73 Å². The lowest BCUT2D eigenvalue weighted by Gasteiger charge is -2.21. The lowest BCUT2D eigenvalue weighted by Crippen LogP contribution is -2.25. The summed E-state index contributed by atoms with van der Waals surface area (Å²) < 4.78 is 0. The Morgan fingerprint density at radius 2 is 2.24 bits per heavy atom. The Hall–Kier alpha value is -1.13. The summed E-state index contributed by atoms with van der Waals surface area (Å²) in [5.41, 5.74) is 8.22. The van der Waals surface area contributed by atoms with Crippen LogP contribution in [0.2, 0.25) is 0 Å². The molecule has 3 N–H and O–H groups in total. The Labute approximate surface area is 106 Å². The molecule has 0 aliphatic heterocycles. The molecule has 0 saturated carbocycles. The Bertz CT molecular complexity index is 483. The van der Waals surface area contributed by atoms with Crippen LogP contribution in [0.15, 0.2) is 18.5 Å². The second-order valence-corrected chi connectivity index (χ2v) is 6.26. The number of rotatable bonds is 4. The lowest BCUT2D eigenvalue weighted by atomic mass is 9.88. The minimum atomic E-state index is 0.146. The van der Waals surface area contributed by atoms with Crippen molar-refractivity contribution in [2.24, 2.45) is 11.1 Å². The summed E-state index contributed by atoms with van der Waals surface area (Å²) in [5.74, 6) is 0. The Morgan fingerprint density at radius 1 is 1.47 bits per heavy atom. The summed E-state index contributed by atoms with van der Waals surface area (Å²) in [6, 6.07) is 2.05. The molecule has 0 amide bonds. The van der Waals surface area contributed by atoms with Gasteiger partial charge in [0.2, 0.25) is 0 Å². The highest BCUT2D eigenvalue weighted by molar-refractivity contribution is 7.15. The van der Waals surface area contributed by atoms with E-state index in [0.717, 1.165) is 22.7 Å². The number of nitrogens with zero attached hydrogens (tertiary/aromatic N) is 1. The first kappa shape index (κ1) is 12.3. The van der Waals surface area contributed by atoms with Crippen molar-refractivity contribution in [2.75, 3.05) is 6.54 Å². The number of aromatic nitrogens is 2.